The van der Waals surface area contributed by atoms with E-state index in [-0.39, 0.29) is 5.56 Å². The third-order valence-electron chi connectivity index (χ3n) is 2.80. The van der Waals surface area contributed by atoms with E-state index in [4.69, 9.17) is 4.74 Å². The Labute approximate surface area is 107 Å². The highest BCUT2D eigenvalue weighted by Crippen LogP contribution is 2.14. The van der Waals surface area contributed by atoms with Gasteiger partial charge in [-0.25, -0.2) is 0 Å². The molecule has 0 aliphatic rings. The van der Waals surface area contributed by atoms with Crippen molar-refractivity contribution in [1.29, 1.82) is 0 Å². The first-order chi connectivity index (χ1) is 8.72. The molecule has 1 aromatic heterocycles. The maximum absolute atomic E-state index is 12.0. The van der Waals surface area contributed by atoms with Gasteiger partial charge in [0, 0.05) is 18.8 Å². The summed E-state index contributed by atoms with van der Waals surface area (Å²) in [6.07, 6.45) is 2.28. The summed E-state index contributed by atoms with van der Waals surface area (Å²) in [7, 11) is 1.71. The fraction of sp³-hybridized carbons (Fsp3) is 0.200. The average molecular weight is 242 g/mol. The quantitative estimate of drug-likeness (QED) is 0.824. The number of hydrogen-bond acceptors (Lipinski definition) is 2. The van der Waals surface area contributed by atoms with Crippen molar-refractivity contribution in [3.8, 4) is 5.75 Å². The Kier molecular flexibility index (Phi) is 3.82. The van der Waals surface area contributed by atoms with Gasteiger partial charge in [-0.2, -0.15) is 0 Å². The minimum atomic E-state index is -0.118. The van der Waals surface area contributed by atoms with Crippen LogP contribution < -0.4 is 10.3 Å². The highest BCUT2D eigenvalue weighted by Gasteiger charge is 2.08. The van der Waals surface area contributed by atoms with E-state index >= 15 is 0 Å². The van der Waals surface area contributed by atoms with Gasteiger partial charge in [-0.15, -0.1) is 0 Å². The summed E-state index contributed by atoms with van der Waals surface area (Å²) in [4.78, 5) is 12.0. The van der Waals surface area contributed by atoms with Gasteiger partial charge in [0.25, 0.3) is 5.56 Å². The van der Waals surface area contributed by atoms with E-state index < -0.39 is 0 Å². The van der Waals surface area contributed by atoms with Crippen molar-refractivity contribution in [2.75, 3.05) is 0 Å². The number of pyridine rings is 1. The highest BCUT2D eigenvalue weighted by molar-refractivity contribution is 5.31. The second-order valence-electron chi connectivity index (χ2n) is 4.11. The van der Waals surface area contributed by atoms with Crippen molar-refractivity contribution in [1.82, 2.24) is 4.57 Å². The van der Waals surface area contributed by atoms with Crippen molar-refractivity contribution >= 4 is 0 Å². The molecule has 0 unspecified atom stereocenters. The molecule has 0 saturated carbocycles. The molecule has 0 bridgehead atoms. The van der Waals surface area contributed by atoms with E-state index in [1.807, 2.05) is 36.4 Å². The second-order valence-corrected chi connectivity index (χ2v) is 4.11. The van der Waals surface area contributed by atoms with E-state index in [0.29, 0.717) is 18.8 Å². The molecule has 0 atom stereocenters. The third kappa shape index (κ3) is 2.62. The molecule has 1 aromatic carbocycles. The van der Waals surface area contributed by atoms with Crippen molar-refractivity contribution < 1.29 is 4.74 Å². The number of nitrogens with zero attached hydrogens (tertiary/aromatic N) is 1. The molecule has 0 fully saturated rings. The molecule has 18 heavy (non-hydrogen) atoms. The van der Waals surface area contributed by atoms with Gasteiger partial charge in [0.1, 0.15) is 6.61 Å². The van der Waals surface area contributed by atoms with Crippen molar-refractivity contribution in [3.05, 3.63) is 71.0 Å². The molecule has 2 aromatic rings. The number of hydrogen-bond donors (Lipinski definition) is 0. The Balaban J connectivity index is 2.24. The van der Waals surface area contributed by atoms with Gasteiger partial charge in [0.05, 0.1) is 0 Å². The summed E-state index contributed by atoms with van der Waals surface area (Å²) >= 11 is 0. The van der Waals surface area contributed by atoms with Gasteiger partial charge < -0.3 is 9.30 Å². The van der Waals surface area contributed by atoms with Crippen LogP contribution in [0.15, 0.2) is 47.4 Å². The van der Waals surface area contributed by atoms with E-state index in [9.17, 15) is 4.79 Å². The van der Waals surface area contributed by atoms with E-state index in [1.54, 1.807) is 13.2 Å². The molecule has 1 heterocycles. The van der Waals surface area contributed by atoms with E-state index in [0.717, 1.165) is 11.1 Å². The zero-order valence-corrected chi connectivity index (χ0v) is 10.4. The number of aryl methyl sites for hydroxylation is 1. The molecule has 0 spiro atoms. The van der Waals surface area contributed by atoms with Gasteiger partial charge in [0.2, 0.25) is 0 Å². The summed E-state index contributed by atoms with van der Waals surface area (Å²) < 4.78 is 7.17. The fourth-order valence-corrected chi connectivity index (χ4v) is 1.72. The van der Waals surface area contributed by atoms with Crippen LogP contribution in [0.4, 0.5) is 0 Å². The van der Waals surface area contributed by atoms with E-state index in [2.05, 4.69) is 6.92 Å². The van der Waals surface area contributed by atoms with Gasteiger partial charge in [0.15, 0.2) is 5.75 Å². The monoisotopic (exact) mass is 242 g/mol. The summed E-state index contributed by atoms with van der Waals surface area (Å²) in [5.41, 5.74) is 1.76. The number of benzene rings is 1. The summed E-state index contributed by atoms with van der Waals surface area (Å²) in [6, 6.07) is 11.7. The Morgan fingerprint density at radius 1 is 1.22 bits per heavy atom. The molecule has 93 valence electrons. The molecule has 3 heteroatoms. The number of aromatic nitrogens is 1. The molecule has 0 amide bonds. The lowest BCUT2D eigenvalue weighted by Crippen LogP contribution is -2.20. The molecule has 2 rings (SSSR count). The number of ether oxygens (including phenoxy) is 1. The van der Waals surface area contributed by atoms with Crippen LogP contribution in [-0.2, 0) is 20.1 Å². The molecule has 0 aliphatic heterocycles. The Morgan fingerprint density at radius 2 is 1.94 bits per heavy atom. The minimum absolute atomic E-state index is 0.118. The van der Waals surface area contributed by atoms with Gasteiger partial charge in [-0.1, -0.05) is 30.3 Å². The first-order valence-electron chi connectivity index (χ1n) is 5.87. The van der Waals surface area contributed by atoms with Crippen LogP contribution in [0, 0.1) is 6.92 Å². The smallest absolute Gasteiger partial charge is 0.292 e. The third-order valence-corrected chi connectivity index (χ3v) is 2.80. The second kappa shape index (κ2) is 5.54. The van der Waals surface area contributed by atoms with Crippen molar-refractivity contribution in [2.45, 2.75) is 13.0 Å². The average Bonchev–Trinajstić information content (AvgIpc) is 2.41. The normalized spacial score (nSPS) is 10.3. The standard InChI is InChI=1S/C15H16NO2/c1-3-13-9-10-16(2)15(17)14(13)18-11-12-7-5-4-6-8-12/h4-10H,1,3,11H2,2H3. The van der Waals surface area contributed by atoms with E-state index in [1.165, 1.54) is 4.57 Å². The largest absolute Gasteiger partial charge is 0.483 e. The SMILES string of the molecule is [CH2]Cc1ccn(C)c(=O)c1OCc1ccccc1. The first-order valence-corrected chi connectivity index (χ1v) is 5.87. The van der Waals surface area contributed by atoms with Crippen LogP contribution >= 0.6 is 0 Å². The molecule has 0 saturated heterocycles. The molecular formula is C15H16NO2. The van der Waals surface area contributed by atoms with Crippen LogP contribution in [0.25, 0.3) is 0 Å². The van der Waals surface area contributed by atoms with Crippen LogP contribution in [0.2, 0.25) is 0 Å². The minimum Gasteiger partial charge on any atom is -0.483 e. The van der Waals surface area contributed by atoms with Crippen molar-refractivity contribution in [2.24, 2.45) is 7.05 Å². The van der Waals surface area contributed by atoms with Gasteiger partial charge >= 0.3 is 0 Å². The lowest BCUT2D eigenvalue weighted by molar-refractivity contribution is 0.297. The topological polar surface area (TPSA) is 31.2 Å². The lowest BCUT2D eigenvalue weighted by atomic mass is 10.2. The predicted octanol–water partition coefficient (Wildman–Crippen LogP) is 2.34. The summed E-state index contributed by atoms with van der Waals surface area (Å²) in [6.45, 7) is 4.21. The lowest BCUT2D eigenvalue weighted by Gasteiger charge is -2.11. The van der Waals surface area contributed by atoms with Gasteiger partial charge in [-0.05, 0) is 25.0 Å². The zero-order valence-electron chi connectivity index (χ0n) is 10.4. The first kappa shape index (κ1) is 12.4. The Hall–Kier alpha value is -2.03. The highest BCUT2D eigenvalue weighted by atomic mass is 16.5. The van der Waals surface area contributed by atoms with Crippen LogP contribution in [0.3, 0.4) is 0 Å². The fourth-order valence-electron chi connectivity index (χ4n) is 1.72. The maximum Gasteiger partial charge on any atom is 0.292 e. The van der Waals surface area contributed by atoms with Crippen LogP contribution in [0.5, 0.6) is 5.75 Å². The van der Waals surface area contributed by atoms with Crippen molar-refractivity contribution in [3.63, 3.8) is 0 Å². The number of rotatable bonds is 4. The predicted molar refractivity (Wildman–Crippen MR) is 71.5 cm³/mol. The molecule has 0 aliphatic carbocycles. The Bertz CT molecular complexity index is 573. The van der Waals surface area contributed by atoms with Crippen LogP contribution in [0.1, 0.15) is 11.1 Å². The molecule has 3 nitrogen and oxygen atoms in total. The molecule has 1 radical (unpaired) electrons. The zero-order chi connectivity index (χ0) is 13.0. The molecular weight excluding hydrogens is 226 g/mol. The Morgan fingerprint density at radius 3 is 2.61 bits per heavy atom. The summed E-state index contributed by atoms with van der Waals surface area (Å²) in [5.74, 6) is 0.402. The molecule has 0 N–H and O–H groups in total. The summed E-state index contributed by atoms with van der Waals surface area (Å²) in [5, 5.41) is 0. The maximum atomic E-state index is 12.0. The van der Waals surface area contributed by atoms with Crippen LogP contribution in [-0.4, -0.2) is 4.57 Å². The van der Waals surface area contributed by atoms with Gasteiger partial charge in [-0.3, -0.25) is 4.79 Å².